The summed E-state index contributed by atoms with van der Waals surface area (Å²) in [6, 6.07) is 17.2. The average molecular weight is 488 g/mol. The van der Waals surface area contributed by atoms with Crippen LogP contribution in [0.5, 0.6) is 0 Å². The van der Waals surface area contributed by atoms with Crippen molar-refractivity contribution in [2.24, 2.45) is 5.92 Å². The molecule has 34 heavy (non-hydrogen) atoms. The van der Waals surface area contributed by atoms with E-state index in [1.54, 1.807) is 0 Å². The number of hydrogen-bond donors (Lipinski definition) is 0. The average Bonchev–Trinajstić information content (AvgIpc) is 2.83. The zero-order valence-electron chi connectivity index (χ0n) is 21.7. The van der Waals surface area contributed by atoms with Gasteiger partial charge in [-0.25, -0.2) is 0 Å². The predicted molar refractivity (Wildman–Crippen MR) is 139 cm³/mol. The van der Waals surface area contributed by atoms with Crippen LogP contribution in [0.15, 0.2) is 48.5 Å². The van der Waals surface area contributed by atoms with E-state index >= 15 is 0 Å². The molecule has 5 heteroatoms. The molecule has 2 aromatic carbocycles. The monoisotopic (exact) mass is 487 g/mol. The SMILES string of the molecule is CC(ON(C(c1ccc(COC2CCCCO2)cc1)C(C)C)C(C)(C)C)c1ccc(CCl)cc1. The van der Waals surface area contributed by atoms with Crippen LogP contribution >= 0.6 is 11.6 Å². The van der Waals surface area contributed by atoms with Gasteiger partial charge in [0, 0.05) is 18.0 Å². The molecule has 0 aliphatic carbocycles. The van der Waals surface area contributed by atoms with Gasteiger partial charge in [0.2, 0.25) is 0 Å². The van der Waals surface area contributed by atoms with Gasteiger partial charge in [0.25, 0.3) is 0 Å². The molecule has 2 aromatic rings. The molecule has 3 atom stereocenters. The molecule has 0 bridgehead atoms. The largest absolute Gasteiger partial charge is 0.353 e. The number of hydroxylamine groups is 2. The summed E-state index contributed by atoms with van der Waals surface area (Å²) >= 11 is 5.96. The lowest BCUT2D eigenvalue weighted by molar-refractivity contribution is -0.272. The molecular weight excluding hydrogens is 446 g/mol. The Morgan fingerprint density at radius 2 is 1.56 bits per heavy atom. The van der Waals surface area contributed by atoms with Crippen LogP contribution in [0.25, 0.3) is 0 Å². The highest BCUT2D eigenvalue weighted by Gasteiger charge is 2.34. The number of alkyl halides is 1. The topological polar surface area (TPSA) is 30.9 Å². The van der Waals surface area contributed by atoms with E-state index in [9.17, 15) is 0 Å². The van der Waals surface area contributed by atoms with Crippen molar-refractivity contribution in [2.75, 3.05) is 6.61 Å². The molecule has 3 unspecified atom stereocenters. The predicted octanol–water partition coefficient (Wildman–Crippen LogP) is 7.96. The van der Waals surface area contributed by atoms with Crippen molar-refractivity contribution >= 4 is 11.6 Å². The van der Waals surface area contributed by atoms with Gasteiger partial charge in [-0.2, -0.15) is 5.06 Å². The highest BCUT2D eigenvalue weighted by molar-refractivity contribution is 6.17. The van der Waals surface area contributed by atoms with Gasteiger partial charge in [-0.3, -0.25) is 4.84 Å². The number of ether oxygens (including phenoxy) is 2. The second-order valence-corrected chi connectivity index (χ2v) is 10.9. The molecule has 3 rings (SSSR count). The van der Waals surface area contributed by atoms with Crippen LogP contribution in [-0.2, 0) is 26.8 Å². The molecule has 188 valence electrons. The van der Waals surface area contributed by atoms with Gasteiger partial charge < -0.3 is 9.47 Å². The Labute approximate surface area is 211 Å². The summed E-state index contributed by atoms with van der Waals surface area (Å²) in [4.78, 5) is 6.67. The Morgan fingerprint density at radius 3 is 2.09 bits per heavy atom. The smallest absolute Gasteiger partial charge is 0.158 e. The minimum absolute atomic E-state index is 0.0680. The zero-order chi connectivity index (χ0) is 24.7. The summed E-state index contributed by atoms with van der Waals surface area (Å²) in [6.45, 7) is 14.6. The number of benzene rings is 2. The number of hydrogen-bond acceptors (Lipinski definition) is 4. The first-order valence-electron chi connectivity index (χ1n) is 12.6. The van der Waals surface area contributed by atoms with Crippen LogP contribution in [0, 0.1) is 5.92 Å². The fourth-order valence-electron chi connectivity index (χ4n) is 4.38. The molecule has 0 N–H and O–H groups in total. The third-order valence-electron chi connectivity index (χ3n) is 6.32. The quantitative estimate of drug-likeness (QED) is 0.251. The van der Waals surface area contributed by atoms with Crippen molar-refractivity contribution in [1.29, 1.82) is 0 Å². The van der Waals surface area contributed by atoms with Gasteiger partial charge in [-0.15, -0.1) is 11.6 Å². The van der Waals surface area contributed by atoms with Crippen molar-refractivity contribution in [3.8, 4) is 0 Å². The minimum atomic E-state index is -0.181. The van der Waals surface area contributed by atoms with Crippen LogP contribution < -0.4 is 0 Å². The molecule has 0 saturated carbocycles. The first-order chi connectivity index (χ1) is 16.2. The summed E-state index contributed by atoms with van der Waals surface area (Å²) in [6.07, 6.45) is 3.15. The molecule has 1 aliphatic rings. The summed E-state index contributed by atoms with van der Waals surface area (Å²) < 4.78 is 11.7. The van der Waals surface area contributed by atoms with Crippen molar-refractivity contribution in [3.63, 3.8) is 0 Å². The summed E-state index contributed by atoms with van der Waals surface area (Å²) in [7, 11) is 0. The van der Waals surface area contributed by atoms with Crippen LogP contribution in [0.2, 0.25) is 0 Å². The molecule has 0 amide bonds. The molecule has 1 fully saturated rings. The van der Waals surface area contributed by atoms with E-state index in [0.717, 1.165) is 36.1 Å². The van der Waals surface area contributed by atoms with E-state index in [-0.39, 0.29) is 24.0 Å². The van der Waals surface area contributed by atoms with E-state index in [2.05, 4.69) is 95.1 Å². The van der Waals surface area contributed by atoms with Gasteiger partial charge in [-0.05, 0) is 75.1 Å². The minimum Gasteiger partial charge on any atom is -0.353 e. The third kappa shape index (κ3) is 7.53. The van der Waals surface area contributed by atoms with Crippen molar-refractivity contribution < 1.29 is 14.3 Å². The molecule has 1 aliphatic heterocycles. The molecule has 4 nitrogen and oxygen atoms in total. The first-order valence-corrected chi connectivity index (χ1v) is 13.2. The van der Waals surface area contributed by atoms with Gasteiger partial charge in [0.05, 0.1) is 12.6 Å². The maximum atomic E-state index is 6.67. The van der Waals surface area contributed by atoms with E-state index in [1.807, 2.05) is 0 Å². The lowest BCUT2D eigenvalue weighted by Gasteiger charge is -2.44. The number of nitrogens with zero attached hydrogens (tertiary/aromatic N) is 1. The Bertz CT molecular complexity index is 854. The molecule has 1 heterocycles. The Morgan fingerprint density at radius 1 is 0.941 bits per heavy atom. The van der Waals surface area contributed by atoms with Crippen LogP contribution in [0.3, 0.4) is 0 Å². The molecule has 0 aromatic heterocycles. The highest BCUT2D eigenvalue weighted by atomic mass is 35.5. The van der Waals surface area contributed by atoms with E-state index < -0.39 is 0 Å². The van der Waals surface area contributed by atoms with Crippen molar-refractivity contribution in [1.82, 2.24) is 5.06 Å². The fraction of sp³-hybridized carbons (Fsp3) is 0.586. The van der Waals surface area contributed by atoms with E-state index in [1.165, 1.54) is 12.0 Å². The molecular formula is C29H42ClNO3. The Kier molecular flexibility index (Phi) is 9.99. The molecule has 0 spiro atoms. The van der Waals surface area contributed by atoms with E-state index in [4.69, 9.17) is 25.9 Å². The summed E-state index contributed by atoms with van der Waals surface area (Å²) in [5.41, 5.74) is 4.48. The Hall–Kier alpha value is -1.43. The van der Waals surface area contributed by atoms with Gasteiger partial charge in [0.1, 0.15) is 6.10 Å². The van der Waals surface area contributed by atoms with Gasteiger partial charge in [0.15, 0.2) is 6.29 Å². The second kappa shape index (κ2) is 12.5. The van der Waals surface area contributed by atoms with Crippen molar-refractivity contribution in [2.45, 2.75) is 97.3 Å². The zero-order valence-corrected chi connectivity index (χ0v) is 22.5. The van der Waals surface area contributed by atoms with Crippen molar-refractivity contribution in [3.05, 3.63) is 70.8 Å². The summed E-state index contributed by atoms with van der Waals surface area (Å²) in [5.74, 6) is 0.885. The lowest BCUT2D eigenvalue weighted by Crippen LogP contribution is -2.46. The van der Waals surface area contributed by atoms with Crippen LogP contribution in [-0.4, -0.2) is 23.5 Å². The van der Waals surface area contributed by atoms with E-state index in [0.29, 0.717) is 18.4 Å². The maximum Gasteiger partial charge on any atom is 0.158 e. The van der Waals surface area contributed by atoms with Crippen LogP contribution in [0.4, 0.5) is 0 Å². The molecule has 1 saturated heterocycles. The lowest BCUT2D eigenvalue weighted by atomic mass is 9.92. The standard InChI is InChI=1S/C29H42ClNO3/c1-21(2)28(26-16-12-24(13-17-26)20-33-27-9-7-8-18-32-27)31(29(4,5)6)34-22(3)25-14-10-23(19-30)11-15-25/h10-17,21-22,27-28H,7-9,18-20H2,1-6H3. The Balaban J connectivity index is 1.74. The summed E-state index contributed by atoms with van der Waals surface area (Å²) in [5, 5.41) is 2.18. The van der Waals surface area contributed by atoms with Crippen LogP contribution in [0.1, 0.15) is 95.2 Å². The number of rotatable bonds is 10. The highest BCUT2D eigenvalue weighted by Crippen LogP contribution is 2.37. The normalized spacial score (nSPS) is 18.9. The second-order valence-electron chi connectivity index (χ2n) is 10.7. The molecule has 0 radical (unpaired) electrons. The fourth-order valence-corrected chi connectivity index (χ4v) is 4.56. The van der Waals surface area contributed by atoms with Gasteiger partial charge in [-0.1, -0.05) is 62.4 Å². The maximum absolute atomic E-state index is 6.67. The third-order valence-corrected chi connectivity index (χ3v) is 6.62. The van der Waals surface area contributed by atoms with Gasteiger partial charge >= 0.3 is 0 Å². The number of halogens is 1. The first kappa shape index (κ1) is 27.2.